The monoisotopic (exact) mass is 281 g/mol. The molecule has 0 aliphatic heterocycles. The van der Waals surface area contributed by atoms with Gasteiger partial charge in [-0.05, 0) is 23.4 Å². The van der Waals surface area contributed by atoms with Crippen molar-refractivity contribution in [1.82, 2.24) is 0 Å². The largest absolute Gasteiger partial charge is 0.335 e. The Kier molecular flexibility index (Phi) is 11.0. The van der Waals surface area contributed by atoms with Gasteiger partial charge in [-0.3, -0.25) is 5.41 Å². The fraction of sp³-hybridized carbons (Fsp3) is 0.300. The molecule has 0 spiro atoms. The van der Waals surface area contributed by atoms with Crippen LogP contribution in [0.3, 0.4) is 0 Å². The lowest BCUT2D eigenvalue weighted by Gasteiger charge is -2.07. The second-order valence-corrected chi connectivity index (χ2v) is 4.07. The molecule has 0 atom stereocenters. The van der Waals surface area contributed by atoms with E-state index < -0.39 is 0 Å². The van der Waals surface area contributed by atoms with Crippen LogP contribution >= 0.6 is 36.6 Å². The Bertz CT molecular complexity index is 321. The maximum Gasteiger partial charge on any atom is 0.158 e. The van der Waals surface area contributed by atoms with Crippen molar-refractivity contribution < 1.29 is 0 Å². The van der Waals surface area contributed by atoms with Gasteiger partial charge in [-0.25, -0.2) is 0 Å². The summed E-state index contributed by atoms with van der Waals surface area (Å²) in [6, 6.07) is 7.81. The Morgan fingerprint density at radius 2 is 2.12 bits per heavy atom. The maximum absolute atomic E-state index is 7.57. The molecule has 0 unspecified atom stereocenters. The molecule has 1 aromatic rings. The lowest BCUT2D eigenvalue weighted by Crippen LogP contribution is -2.07. The van der Waals surface area contributed by atoms with Crippen molar-refractivity contribution in [3.8, 4) is 0 Å². The fourth-order valence-electron chi connectivity index (χ4n) is 1.09. The van der Waals surface area contributed by atoms with Crippen LogP contribution in [0.4, 0.5) is 5.69 Å². The third-order valence-corrected chi connectivity index (χ3v) is 2.39. The van der Waals surface area contributed by atoms with Crippen molar-refractivity contribution in [2.75, 3.05) is 11.1 Å². The van der Waals surface area contributed by atoms with Gasteiger partial charge in [-0.1, -0.05) is 30.8 Å². The fourth-order valence-corrected chi connectivity index (χ4v) is 1.57. The quantitative estimate of drug-likeness (QED) is 0.589. The molecule has 6 heteroatoms. The Morgan fingerprint density at radius 3 is 2.69 bits per heavy atom. The first-order valence-corrected chi connectivity index (χ1v) is 5.52. The van der Waals surface area contributed by atoms with E-state index in [-0.39, 0.29) is 24.8 Å². The number of nitrogens with one attached hydrogen (secondary N) is 2. The SMILES string of the molecule is CCSC(=N)Nc1cccc(CN)c1.Cl.Cl. The maximum atomic E-state index is 7.57. The Balaban J connectivity index is 0. The van der Waals surface area contributed by atoms with E-state index >= 15 is 0 Å². The average molecular weight is 282 g/mol. The zero-order chi connectivity index (χ0) is 10.4. The first-order chi connectivity index (χ1) is 6.76. The Hall–Kier alpha value is -0.420. The summed E-state index contributed by atoms with van der Waals surface area (Å²) in [4.78, 5) is 0. The lowest BCUT2D eigenvalue weighted by molar-refractivity contribution is 1.07. The molecule has 1 rings (SSSR count). The van der Waals surface area contributed by atoms with Crippen LogP contribution in [0.25, 0.3) is 0 Å². The molecule has 0 heterocycles. The molecule has 0 radical (unpaired) electrons. The van der Waals surface area contributed by atoms with Crippen LogP contribution < -0.4 is 11.1 Å². The van der Waals surface area contributed by atoms with Crippen molar-refractivity contribution >= 4 is 47.4 Å². The van der Waals surface area contributed by atoms with Crippen LogP contribution in [0.15, 0.2) is 24.3 Å². The number of thioether (sulfide) groups is 1. The second kappa shape index (κ2) is 9.78. The number of anilines is 1. The van der Waals surface area contributed by atoms with Gasteiger partial charge >= 0.3 is 0 Å². The highest BCUT2D eigenvalue weighted by Gasteiger charge is 1.97. The molecule has 3 nitrogen and oxygen atoms in total. The zero-order valence-corrected chi connectivity index (χ0v) is 11.5. The van der Waals surface area contributed by atoms with Crippen molar-refractivity contribution in [3.05, 3.63) is 29.8 Å². The van der Waals surface area contributed by atoms with Gasteiger partial charge < -0.3 is 11.1 Å². The van der Waals surface area contributed by atoms with Gasteiger partial charge in [0.25, 0.3) is 0 Å². The highest BCUT2D eigenvalue weighted by Crippen LogP contribution is 2.12. The second-order valence-electron chi connectivity index (χ2n) is 2.79. The minimum Gasteiger partial charge on any atom is -0.335 e. The van der Waals surface area contributed by atoms with Crippen molar-refractivity contribution in [3.63, 3.8) is 0 Å². The molecule has 16 heavy (non-hydrogen) atoms. The first kappa shape index (κ1) is 18.0. The summed E-state index contributed by atoms with van der Waals surface area (Å²) in [6.07, 6.45) is 0. The summed E-state index contributed by atoms with van der Waals surface area (Å²) >= 11 is 1.48. The van der Waals surface area contributed by atoms with E-state index in [0.717, 1.165) is 17.0 Å². The van der Waals surface area contributed by atoms with E-state index in [1.54, 1.807) is 0 Å². The van der Waals surface area contributed by atoms with Crippen LogP contribution in [-0.4, -0.2) is 10.9 Å². The van der Waals surface area contributed by atoms with E-state index in [0.29, 0.717) is 11.7 Å². The van der Waals surface area contributed by atoms with Crippen molar-refractivity contribution in [2.24, 2.45) is 5.73 Å². The number of amidine groups is 1. The molecular weight excluding hydrogens is 265 g/mol. The van der Waals surface area contributed by atoms with Gasteiger partial charge in [-0.15, -0.1) is 24.8 Å². The van der Waals surface area contributed by atoms with Crippen LogP contribution in [-0.2, 0) is 6.54 Å². The number of benzene rings is 1. The molecule has 0 saturated carbocycles. The number of nitrogens with two attached hydrogens (primary N) is 1. The minimum atomic E-state index is 0. The average Bonchev–Trinajstić information content (AvgIpc) is 2.18. The van der Waals surface area contributed by atoms with E-state index in [1.807, 2.05) is 31.2 Å². The molecule has 0 amide bonds. The standard InChI is InChI=1S/C10H15N3S.2ClH/c1-2-14-10(12)13-9-5-3-4-8(6-9)7-11;;/h3-6H,2,7,11H2,1H3,(H2,12,13);2*1H. The number of hydrogen-bond donors (Lipinski definition) is 3. The molecule has 0 aromatic heterocycles. The molecule has 0 fully saturated rings. The number of halogens is 2. The summed E-state index contributed by atoms with van der Waals surface area (Å²) in [6.45, 7) is 2.56. The Labute approximate surface area is 113 Å². The predicted molar refractivity (Wildman–Crippen MR) is 78.3 cm³/mol. The van der Waals surface area contributed by atoms with Gasteiger partial charge in [0.15, 0.2) is 5.17 Å². The summed E-state index contributed by atoms with van der Waals surface area (Å²) in [5.74, 6) is 0.905. The molecule has 1 aromatic carbocycles. The lowest BCUT2D eigenvalue weighted by atomic mass is 10.2. The van der Waals surface area contributed by atoms with Gasteiger partial charge in [0.2, 0.25) is 0 Å². The van der Waals surface area contributed by atoms with Crippen molar-refractivity contribution in [2.45, 2.75) is 13.5 Å². The minimum absolute atomic E-state index is 0. The smallest absolute Gasteiger partial charge is 0.158 e. The van der Waals surface area contributed by atoms with E-state index in [9.17, 15) is 0 Å². The first-order valence-electron chi connectivity index (χ1n) is 4.53. The third-order valence-electron chi connectivity index (χ3n) is 1.71. The predicted octanol–water partition coefficient (Wildman–Crippen LogP) is 3.09. The summed E-state index contributed by atoms with van der Waals surface area (Å²) in [5.41, 5.74) is 7.52. The van der Waals surface area contributed by atoms with Gasteiger partial charge in [0.1, 0.15) is 0 Å². The van der Waals surface area contributed by atoms with Crippen LogP contribution in [0, 0.1) is 5.41 Å². The normalized spacial score (nSPS) is 8.62. The van der Waals surface area contributed by atoms with Gasteiger partial charge in [0, 0.05) is 12.2 Å². The summed E-state index contributed by atoms with van der Waals surface area (Å²) < 4.78 is 0. The zero-order valence-electron chi connectivity index (χ0n) is 9.03. The topological polar surface area (TPSA) is 61.9 Å². The summed E-state index contributed by atoms with van der Waals surface area (Å²) in [5, 5.41) is 11.1. The summed E-state index contributed by atoms with van der Waals surface area (Å²) in [7, 11) is 0. The van der Waals surface area contributed by atoms with Crippen LogP contribution in [0.2, 0.25) is 0 Å². The third kappa shape index (κ3) is 6.23. The molecule has 0 aliphatic rings. The molecular formula is C10H17Cl2N3S. The Morgan fingerprint density at radius 1 is 1.44 bits per heavy atom. The molecule has 4 N–H and O–H groups in total. The highest BCUT2D eigenvalue weighted by molar-refractivity contribution is 8.14. The van der Waals surface area contributed by atoms with E-state index in [4.69, 9.17) is 11.1 Å². The van der Waals surface area contributed by atoms with Crippen LogP contribution in [0.1, 0.15) is 12.5 Å². The number of hydrogen-bond acceptors (Lipinski definition) is 3. The molecule has 92 valence electrons. The van der Waals surface area contributed by atoms with Gasteiger partial charge in [-0.2, -0.15) is 0 Å². The highest BCUT2D eigenvalue weighted by atomic mass is 35.5. The van der Waals surface area contributed by atoms with Gasteiger partial charge in [0.05, 0.1) is 0 Å². The molecule has 0 saturated heterocycles. The molecule has 0 aliphatic carbocycles. The number of rotatable bonds is 3. The van der Waals surface area contributed by atoms with E-state index in [1.165, 1.54) is 11.8 Å². The van der Waals surface area contributed by atoms with Crippen molar-refractivity contribution in [1.29, 1.82) is 5.41 Å². The van der Waals surface area contributed by atoms with E-state index in [2.05, 4.69) is 5.32 Å². The van der Waals surface area contributed by atoms with Crippen LogP contribution in [0.5, 0.6) is 0 Å². The molecule has 0 bridgehead atoms.